The van der Waals surface area contributed by atoms with E-state index >= 15 is 0 Å². The van der Waals surface area contributed by atoms with E-state index < -0.39 is 5.91 Å². The Morgan fingerprint density at radius 2 is 2.03 bits per heavy atom. The number of imidazole rings is 1. The van der Waals surface area contributed by atoms with Gasteiger partial charge in [0.1, 0.15) is 17.3 Å². The van der Waals surface area contributed by atoms with Gasteiger partial charge >= 0.3 is 0 Å². The number of amides is 2. The SMILES string of the molecule is C=CC(=O)N1CCC(c2nc(-c3ccc(C(=O)Nc4cc(C#N)ccn4)nc3)n3c(N)nccc23)C1. The maximum Gasteiger partial charge on any atom is 0.275 e. The maximum atomic E-state index is 12.6. The minimum absolute atomic E-state index is 0.0362. The van der Waals surface area contributed by atoms with Crippen LogP contribution in [-0.4, -0.2) is 54.1 Å². The smallest absolute Gasteiger partial charge is 0.275 e. The van der Waals surface area contributed by atoms with Crippen molar-refractivity contribution in [3.8, 4) is 17.5 Å². The Bertz CT molecular complexity index is 1540. The lowest BCUT2D eigenvalue weighted by Crippen LogP contribution is -2.26. The van der Waals surface area contributed by atoms with E-state index in [2.05, 4.69) is 26.8 Å². The van der Waals surface area contributed by atoms with Crippen LogP contribution in [0, 0.1) is 11.3 Å². The average Bonchev–Trinajstić information content (AvgIpc) is 3.54. The Hall–Kier alpha value is -5.11. The van der Waals surface area contributed by atoms with Gasteiger partial charge in [-0.15, -0.1) is 0 Å². The van der Waals surface area contributed by atoms with Crippen LogP contribution in [0.2, 0.25) is 0 Å². The van der Waals surface area contributed by atoms with Crippen molar-refractivity contribution in [2.24, 2.45) is 0 Å². The first-order valence-corrected chi connectivity index (χ1v) is 11.2. The molecule has 36 heavy (non-hydrogen) atoms. The summed E-state index contributed by atoms with van der Waals surface area (Å²) in [6.45, 7) is 4.74. The summed E-state index contributed by atoms with van der Waals surface area (Å²) in [5, 5.41) is 11.7. The molecular weight excluding hydrogens is 458 g/mol. The van der Waals surface area contributed by atoms with E-state index in [1.807, 2.05) is 12.1 Å². The molecule has 0 bridgehead atoms. The van der Waals surface area contributed by atoms with Gasteiger partial charge < -0.3 is 16.0 Å². The lowest BCUT2D eigenvalue weighted by molar-refractivity contribution is -0.125. The molecule has 3 N–H and O–H groups in total. The summed E-state index contributed by atoms with van der Waals surface area (Å²) in [4.78, 5) is 43.9. The number of carbonyl (C=O) groups is 2. The normalized spacial score (nSPS) is 15.0. The van der Waals surface area contributed by atoms with E-state index in [9.17, 15) is 9.59 Å². The molecule has 4 aromatic heterocycles. The number of anilines is 2. The van der Waals surface area contributed by atoms with Crippen LogP contribution in [0.1, 0.15) is 34.1 Å². The van der Waals surface area contributed by atoms with Crippen LogP contribution in [0.3, 0.4) is 0 Å². The molecule has 1 aliphatic rings. The van der Waals surface area contributed by atoms with E-state index in [4.69, 9.17) is 16.0 Å². The quantitative estimate of drug-likeness (QED) is 0.413. The van der Waals surface area contributed by atoms with E-state index in [0.717, 1.165) is 17.6 Å². The number of nitrogens with one attached hydrogen (secondary N) is 1. The number of rotatable bonds is 5. The number of nitrogens with two attached hydrogens (primary N) is 1. The third-order valence-corrected chi connectivity index (χ3v) is 6.06. The number of carbonyl (C=O) groups excluding carboxylic acids is 2. The van der Waals surface area contributed by atoms with Gasteiger partial charge in [0.25, 0.3) is 5.91 Å². The second-order valence-corrected chi connectivity index (χ2v) is 8.25. The summed E-state index contributed by atoms with van der Waals surface area (Å²) in [6.07, 6.45) is 6.71. The largest absolute Gasteiger partial charge is 0.369 e. The van der Waals surface area contributed by atoms with Crippen molar-refractivity contribution in [1.82, 2.24) is 29.2 Å². The van der Waals surface area contributed by atoms with Gasteiger partial charge in [-0.05, 0) is 42.8 Å². The number of nitrogen functional groups attached to an aromatic ring is 1. The van der Waals surface area contributed by atoms with Gasteiger partial charge in [0.2, 0.25) is 11.9 Å². The molecule has 0 spiro atoms. The molecule has 5 heterocycles. The molecule has 11 heteroatoms. The molecular formula is C25H21N9O2. The topological polar surface area (TPSA) is 155 Å². The van der Waals surface area contributed by atoms with E-state index in [0.29, 0.717) is 30.0 Å². The summed E-state index contributed by atoms with van der Waals surface area (Å²) in [5.41, 5.74) is 9.04. The number of nitrogens with zero attached hydrogens (tertiary/aromatic N) is 7. The number of hydrogen-bond acceptors (Lipinski definition) is 8. The summed E-state index contributed by atoms with van der Waals surface area (Å²) < 4.78 is 1.75. The molecule has 5 rings (SSSR count). The maximum absolute atomic E-state index is 12.6. The number of likely N-dealkylation sites (tertiary alicyclic amines) is 1. The van der Waals surface area contributed by atoms with E-state index in [1.54, 1.807) is 39.9 Å². The lowest BCUT2D eigenvalue weighted by Gasteiger charge is -2.13. The van der Waals surface area contributed by atoms with Crippen molar-refractivity contribution >= 4 is 29.1 Å². The molecule has 0 radical (unpaired) electrons. The Kier molecular flexibility index (Phi) is 5.83. The molecule has 11 nitrogen and oxygen atoms in total. The predicted octanol–water partition coefficient (Wildman–Crippen LogP) is 2.39. The first-order valence-electron chi connectivity index (χ1n) is 11.2. The van der Waals surface area contributed by atoms with Gasteiger partial charge in [0, 0.05) is 43.2 Å². The second-order valence-electron chi connectivity index (χ2n) is 8.25. The average molecular weight is 480 g/mol. The van der Waals surface area contributed by atoms with Gasteiger partial charge in [0.15, 0.2) is 0 Å². The minimum atomic E-state index is -0.461. The molecule has 0 aliphatic carbocycles. The highest BCUT2D eigenvalue weighted by Crippen LogP contribution is 2.33. The monoisotopic (exact) mass is 479 g/mol. The van der Waals surface area contributed by atoms with Gasteiger partial charge in [-0.1, -0.05) is 6.58 Å². The van der Waals surface area contributed by atoms with Crippen LogP contribution < -0.4 is 11.1 Å². The third-order valence-electron chi connectivity index (χ3n) is 6.06. The number of hydrogen-bond donors (Lipinski definition) is 2. The lowest BCUT2D eigenvalue weighted by atomic mass is 10.0. The Morgan fingerprint density at radius 1 is 1.19 bits per heavy atom. The van der Waals surface area contributed by atoms with Crippen LogP contribution in [0.25, 0.3) is 16.9 Å². The number of pyridine rings is 2. The van der Waals surface area contributed by atoms with Crippen LogP contribution >= 0.6 is 0 Å². The first-order chi connectivity index (χ1) is 17.5. The third kappa shape index (κ3) is 4.12. The highest BCUT2D eigenvalue weighted by Gasteiger charge is 2.30. The Morgan fingerprint density at radius 3 is 2.78 bits per heavy atom. The standard InChI is InChI=1S/C25H21N9O2/c1-2-21(35)33-10-7-17(14-33)22-19-6-9-29-25(27)34(19)23(32-22)16-3-4-18(30-13-16)24(36)31-20-11-15(12-26)5-8-28-20/h2-6,8-9,11,13,17H,1,7,10,14H2,(H2,27,29)(H,28,31,36). The van der Waals surface area contributed by atoms with E-state index in [1.165, 1.54) is 18.3 Å². The van der Waals surface area contributed by atoms with Crippen LogP contribution in [0.4, 0.5) is 11.8 Å². The van der Waals surface area contributed by atoms with Crippen molar-refractivity contribution in [2.75, 3.05) is 24.1 Å². The van der Waals surface area contributed by atoms with Crippen molar-refractivity contribution in [3.63, 3.8) is 0 Å². The van der Waals surface area contributed by atoms with Gasteiger partial charge in [-0.25, -0.2) is 15.0 Å². The van der Waals surface area contributed by atoms with Crippen molar-refractivity contribution in [2.45, 2.75) is 12.3 Å². The molecule has 1 aliphatic heterocycles. The zero-order chi connectivity index (χ0) is 25.2. The molecule has 1 unspecified atom stereocenters. The predicted molar refractivity (Wildman–Crippen MR) is 132 cm³/mol. The van der Waals surface area contributed by atoms with Crippen molar-refractivity contribution in [3.05, 3.63) is 78.5 Å². The highest BCUT2D eigenvalue weighted by molar-refractivity contribution is 6.02. The molecule has 2 amide bonds. The Labute approximate surface area is 205 Å². The van der Waals surface area contributed by atoms with Crippen molar-refractivity contribution in [1.29, 1.82) is 5.26 Å². The summed E-state index contributed by atoms with van der Waals surface area (Å²) in [6, 6.07) is 10.2. The number of aromatic nitrogens is 5. The molecule has 4 aromatic rings. The fraction of sp³-hybridized carbons (Fsp3) is 0.160. The molecule has 1 fully saturated rings. The van der Waals surface area contributed by atoms with Gasteiger partial charge in [-0.3, -0.25) is 19.0 Å². The zero-order valence-corrected chi connectivity index (χ0v) is 19.1. The van der Waals surface area contributed by atoms with Gasteiger partial charge in [-0.2, -0.15) is 5.26 Å². The number of nitriles is 1. The molecule has 1 atom stereocenters. The molecule has 178 valence electrons. The first kappa shape index (κ1) is 22.7. The molecule has 0 aromatic carbocycles. The van der Waals surface area contributed by atoms with Crippen LogP contribution in [-0.2, 0) is 4.79 Å². The molecule has 1 saturated heterocycles. The summed E-state index contributed by atoms with van der Waals surface area (Å²) in [7, 11) is 0. The van der Waals surface area contributed by atoms with Crippen LogP contribution in [0.15, 0.2) is 61.6 Å². The molecule has 0 saturated carbocycles. The van der Waals surface area contributed by atoms with Crippen molar-refractivity contribution < 1.29 is 9.59 Å². The highest BCUT2D eigenvalue weighted by atomic mass is 16.2. The minimum Gasteiger partial charge on any atom is -0.369 e. The summed E-state index contributed by atoms with van der Waals surface area (Å²) >= 11 is 0. The van der Waals surface area contributed by atoms with E-state index in [-0.39, 0.29) is 29.3 Å². The summed E-state index contributed by atoms with van der Waals surface area (Å²) in [5.74, 6) is 0.541. The Balaban J connectivity index is 1.44. The van der Waals surface area contributed by atoms with Crippen LogP contribution in [0.5, 0.6) is 0 Å². The fourth-order valence-corrected chi connectivity index (χ4v) is 4.30. The fourth-order valence-electron chi connectivity index (χ4n) is 4.30. The second kappa shape index (κ2) is 9.27. The van der Waals surface area contributed by atoms with Gasteiger partial charge in [0.05, 0.1) is 22.8 Å². The number of fused-ring (bicyclic) bond motifs is 1. The zero-order valence-electron chi connectivity index (χ0n) is 19.1.